The van der Waals surface area contributed by atoms with E-state index in [1.54, 1.807) is 11.8 Å². The minimum atomic E-state index is -0.00956. The maximum Gasteiger partial charge on any atom is 0.252 e. The van der Waals surface area contributed by atoms with Crippen LogP contribution < -0.4 is 5.32 Å². The summed E-state index contributed by atoms with van der Waals surface area (Å²) in [5, 5.41) is 3.08. The van der Waals surface area contributed by atoms with Crippen molar-refractivity contribution in [2.75, 3.05) is 25.9 Å². The van der Waals surface area contributed by atoms with Gasteiger partial charge in [0.15, 0.2) is 0 Å². The van der Waals surface area contributed by atoms with Crippen LogP contribution in [0.3, 0.4) is 0 Å². The quantitative estimate of drug-likeness (QED) is 0.734. The van der Waals surface area contributed by atoms with Crippen LogP contribution in [0.1, 0.15) is 41.7 Å². The number of amides is 1. The molecule has 6 heteroatoms. The maximum atomic E-state index is 12.6. The highest BCUT2D eigenvalue weighted by Crippen LogP contribution is 2.39. The number of thioether (sulfide) groups is 1. The SMILES string of the molecule is CSc1ccccc1C(=O)NCC1CCC2(CCN(Cc3ccccn3)CC2)O1. The molecule has 29 heavy (non-hydrogen) atoms. The number of carbonyl (C=O) groups is 1. The first kappa shape index (κ1) is 20.4. The smallest absolute Gasteiger partial charge is 0.252 e. The highest BCUT2D eigenvalue weighted by molar-refractivity contribution is 7.98. The summed E-state index contributed by atoms with van der Waals surface area (Å²) in [6.45, 7) is 3.57. The van der Waals surface area contributed by atoms with E-state index in [0.29, 0.717) is 6.54 Å². The molecular formula is C23H29N3O2S. The van der Waals surface area contributed by atoms with E-state index in [0.717, 1.165) is 61.5 Å². The van der Waals surface area contributed by atoms with Gasteiger partial charge in [-0.25, -0.2) is 0 Å². The maximum absolute atomic E-state index is 12.6. The van der Waals surface area contributed by atoms with E-state index in [9.17, 15) is 4.79 Å². The van der Waals surface area contributed by atoms with Crippen LogP contribution in [0.15, 0.2) is 53.6 Å². The number of pyridine rings is 1. The lowest BCUT2D eigenvalue weighted by Crippen LogP contribution is -2.45. The number of hydrogen-bond donors (Lipinski definition) is 1. The fourth-order valence-corrected chi connectivity index (χ4v) is 4.98. The second-order valence-electron chi connectivity index (χ2n) is 7.97. The predicted molar refractivity (Wildman–Crippen MR) is 116 cm³/mol. The lowest BCUT2D eigenvalue weighted by atomic mass is 9.88. The fraction of sp³-hybridized carbons (Fsp3) is 0.478. The van der Waals surface area contributed by atoms with Crippen LogP contribution in [0.2, 0.25) is 0 Å². The van der Waals surface area contributed by atoms with Crippen molar-refractivity contribution in [3.05, 3.63) is 59.9 Å². The standard InChI is InChI=1S/C23H29N3O2S/c1-29-21-8-3-2-7-20(21)22(27)25-16-19-9-10-23(28-19)11-14-26(15-12-23)17-18-6-4-5-13-24-18/h2-8,13,19H,9-12,14-17H2,1H3,(H,25,27). The van der Waals surface area contributed by atoms with Crippen molar-refractivity contribution in [3.63, 3.8) is 0 Å². The largest absolute Gasteiger partial charge is 0.370 e. The summed E-state index contributed by atoms with van der Waals surface area (Å²) in [5.41, 5.74) is 1.87. The van der Waals surface area contributed by atoms with E-state index in [1.807, 2.05) is 48.9 Å². The van der Waals surface area contributed by atoms with E-state index in [4.69, 9.17) is 4.74 Å². The Bertz CT molecular complexity index is 822. The molecule has 4 rings (SSSR count). The minimum Gasteiger partial charge on any atom is -0.370 e. The third kappa shape index (κ3) is 5.00. The van der Waals surface area contributed by atoms with Crippen molar-refractivity contribution in [2.24, 2.45) is 0 Å². The number of likely N-dealkylation sites (tertiary alicyclic amines) is 1. The Kier molecular flexibility index (Phi) is 6.53. The molecule has 0 radical (unpaired) electrons. The number of aromatic nitrogens is 1. The molecule has 2 saturated heterocycles. The van der Waals surface area contributed by atoms with Gasteiger partial charge in [-0.05, 0) is 56.2 Å². The van der Waals surface area contributed by atoms with Gasteiger partial charge >= 0.3 is 0 Å². The molecule has 2 aliphatic heterocycles. The number of piperidine rings is 1. The van der Waals surface area contributed by atoms with Gasteiger partial charge in [0.2, 0.25) is 0 Å². The molecule has 2 fully saturated rings. The van der Waals surface area contributed by atoms with E-state index in [2.05, 4.69) is 21.3 Å². The molecular weight excluding hydrogens is 382 g/mol. The summed E-state index contributed by atoms with van der Waals surface area (Å²) in [6, 6.07) is 13.8. The molecule has 2 aromatic rings. The number of benzene rings is 1. The van der Waals surface area contributed by atoms with Crippen LogP contribution in [0.5, 0.6) is 0 Å². The third-order valence-electron chi connectivity index (χ3n) is 6.06. The Morgan fingerprint density at radius 3 is 2.76 bits per heavy atom. The second kappa shape index (κ2) is 9.28. The lowest BCUT2D eigenvalue weighted by molar-refractivity contribution is -0.0765. The highest BCUT2D eigenvalue weighted by atomic mass is 32.2. The van der Waals surface area contributed by atoms with Gasteiger partial charge in [0, 0.05) is 37.3 Å². The second-order valence-corrected chi connectivity index (χ2v) is 8.82. The zero-order valence-corrected chi connectivity index (χ0v) is 17.8. The Morgan fingerprint density at radius 2 is 2.00 bits per heavy atom. The van der Waals surface area contributed by atoms with Gasteiger partial charge < -0.3 is 10.1 Å². The van der Waals surface area contributed by atoms with Gasteiger partial charge in [-0.2, -0.15) is 0 Å². The van der Waals surface area contributed by atoms with Gasteiger partial charge in [-0.15, -0.1) is 11.8 Å². The van der Waals surface area contributed by atoms with Crippen molar-refractivity contribution in [3.8, 4) is 0 Å². The molecule has 1 aromatic heterocycles. The van der Waals surface area contributed by atoms with E-state index >= 15 is 0 Å². The molecule has 0 bridgehead atoms. The van der Waals surface area contributed by atoms with Crippen LogP contribution >= 0.6 is 11.8 Å². The van der Waals surface area contributed by atoms with E-state index in [-0.39, 0.29) is 17.6 Å². The molecule has 5 nitrogen and oxygen atoms in total. The number of nitrogens with one attached hydrogen (secondary N) is 1. The summed E-state index contributed by atoms with van der Waals surface area (Å²) >= 11 is 1.60. The highest BCUT2D eigenvalue weighted by Gasteiger charge is 2.42. The van der Waals surface area contributed by atoms with Crippen molar-refractivity contribution < 1.29 is 9.53 Å². The Hall–Kier alpha value is -1.89. The Morgan fingerprint density at radius 1 is 1.21 bits per heavy atom. The zero-order valence-electron chi connectivity index (χ0n) is 17.0. The predicted octanol–water partition coefficient (Wildman–Crippen LogP) is 3.75. The molecule has 2 aliphatic rings. The van der Waals surface area contributed by atoms with Crippen molar-refractivity contribution in [1.82, 2.24) is 15.2 Å². The van der Waals surface area contributed by atoms with Gasteiger partial charge in [-0.1, -0.05) is 18.2 Å². The van der Waals surface area contributed by atoms with Crippen LogP contribution in [0, 0.1) is 0 Å². The molecule has 1 N–H and O–H groups in total. The molecule has 154 valence electrons. The Labute approximate surface area is 177 Å². The summed E-state index contributed by atoms with van der Waals surface area (Å²) in [6.07, 6.45) is 8.19. The zero-order chi connectivity index (χ0) is 20.1. The third-order valence-corrected chi connectivity index (χ3v) is 6.86. The van der Waals surface area contributed by atoms with Gasteiger partial charge in [-0.3, -0.25) is 14.7 Å². The van der Waals surface area contributed by atoms with Crippen molar-refractivity contribution >= 4 is 17.7 Å². The molecule has 1 atom stereocenters. The number of carbonyl (C=O) groups excluding carboxylic acids is 1. The minimum absolute atomic E-state index is 0.00676. The number of nitrogens with zero attached hydrogens (tertiary/aromatic N) is 2. The number of rotatable bonds is 6. The van der Waals surface area contributed by atoms with Crippen molar-refractivity contribution in [2.45, 2.75) is 48.8 Å². The van der Waals surface area contributed by atoms with Crippen LogP contribution in [-0.4, -0.2) is 53.4 Å². The summed E-state index contributed by atoms with van der Waals surface area (Å²) in [4.78, 5) is 20.5. The topological polar surface area (TPSA) is 54.5 Å². The summed E-state index contributed by atoms with van der Waals surface area (Å²) < 4.78 is 6.47. The molecule has 1 unspecified atom stereocenters. The summed E-state index contributed by atoms with van der Waals surface area (Å²) in [7, 11) is 0. The van der Waals surface area contributed by atoms with Crippen LogP contribution in [-0.2, 0) is 11.3 Å². The molecule has 3 heterocycles. The van der Waals surface area contributed by atoms with Crippen LogP contribution in [0.4, 0.5) is 0 Å². The van der Waals surface area contributed by atoms with Gasteiger partial charge in [0.1, 0.15) is 0 Å². The lowest BCUT2D eigenvalue weighted by Gasteiger charge is -2.39. The molecule has 1 aromatic carbocycles. The Balaban J connectivity index is 1.25. The normalized spacial score (nSPS) is 21.3. The van der Waals surface area contributed by atoms with Crippen LogP contribution in [0.25, 0.3) is 0 Å². The fourth-order valence-electron chi connectivity index (χ4n) is 4.38. The average Bonchev–Trinajstić information content (AvgIpc) is 3.17. The molecule has 1 spiro atoms. The average molecular weight is 412 g/mol. The first-order chi connectivity index (χ1) is 14.2. The van der Waals surface area contributed by atoms with Crippen molar-refractivity contribution in [1.29, 1.82) is 0 Å². The first-order valence-electron chi connectivity index (χ1n) is 10.4. The summed E-state index contributed by atoms with van der Waals surface area (Å²) in [5.74, 6) is -0.00956. The molecule has 0 aliphatic carbocycles. The van der Waals surface area contributed by atoms with E-state index < -0.39 is 0 Å². The number of ether oxygens (including phenoxy) is 1. The number of hydrogen-bond acceptors (Lipinski definition) is 5. The first-order valence-corrected chi connectivity index (χ1v) is 11.6. The van der Waals surface area contributed by atoms with Gasteiger partial charge in [0.05, 0.1) is 23.0 Å². The van der Waals surface area contributed by atoms with Gasteiger partial charge in [0.25, 0.3) is 5.91 Å². The monoisotopic (exact) mass is 411 g/mol. The molecule has 1 amide bonds. The molecule has 0 saturated carbocycles. The van der Waals surface area contributed by atoms with E-state index in [1.165, 1.54) is 0 Å².